The first-order chi connectivity index (χ1) is 10.1. The van der Waals surface area contributed by atoms with Crippen molar-refractivity contribution in [1.82, 2.24) is 4.90 Å². The SMILES string of the molecule is Cc1c(C(=O)N(C)CC2CCCC2)oc2ccc(Br)cc12. The Morgan fingerprint density at radius 3 is 2.81 bits per heavy atom. The van der Waals surface area contributed by atoms with E-state index in [0.717, 1.165) is 27.6 Å². The fourth-order valence-corrected chi connectivity index (χ4v) is 3.59. The van der Waals surface area contributed by atoms with Crippen molar-refractivity contribution in [2.75, 3.05) is 13.6 Å². The number of fused-ring (bicyclic) bond motifs is 1. The Morgan fingerprint density at radius 2 is 2.10 bits per heavy atom. The van der Waals surface area contributed by atoms with E-state index in [1.165, 1.54) is 25.7 Å². The van der Waals surface area contributed by atoms with Gasteiger partial charge in [-0.15, -0.1) is 0 Å². The molecule has 112 valence electrons. The number of nitrogens with zero attached hydrogens (tertiary/aromatic N) is 1. The molecule has 0 unspecified atom stereocenters. The van der Waals surface area contributed by atoms with Gasteiger partial charge in [0.15, 0.2) is 5.76 Å². The van der Waals surface area contributed by atoms with E-state index in [9.17, 15) is 4.79 Å². The second kappa shape index (κ2) is 5.84. The molecule has 0 N–H and O–H groups in total. The van der Waals surface area contributed by atoms with Gasteiger partial charge in [-0.2, -0.15) is 0 Å². The minimum atomic E-state index is -0.00766. The van der Waals surface area contributed by atoms with Gasteiger partial charge in [0.05, 0.1) is 0 Å². The molecule has 1 amide bonds. The van der Waals surface area contributed by atoms with Gasteiger partial charge >= 0.3 is 0 Å². The third-order valence-corrected chi connectivity index (χ3v) is 4.94. The fourth-order valence-electron chi connectivity index (χ4n) is 3.23. The molecule has 1 fully saturated rings. The van der Waals surface area contributed by atoms with Crippen molar-refractivity contribution < 1.29 is 9.21 Å². The fraction of sp³-hybridized carbons (Fsp3) is 0.471. The minimum Gasteiger partial charge on any atom is -0.451 e. The summed E-state index contributed by atoms with van der Waals surface area (Å²) in [6.07, 6.45) is 5.07. The summed E-state index contributed by atoms with van der Waals surface area (Å²) < 4.78 is 6.79. The summed E-state index contributed by atoms with van der Waals surface area (Å²) in [4.78, 5) is 14.4. The van der Waals surface area contributed by atoms with Crippen molar-refractivity contribution in [2.24, 2.45) is 5.92 Å². The molecule has 1 aromatic heterocycles. The highest BCUT2D eigenvalue weighted by atomic mass is 79.9. The van der Waals surface area contributed by atoms with Crippen molar-refractivity contribution >= 4 is 32.8 Å². The largest absolute Gasteiger partial charge is 0.451 e. The lowest BCUT2D eigenvalue weighted by Crippen LogP contribution is -2.31. The molecule has 1 aliphatic rings. The number of carbonyl (C=O) groups is 1. The average Bonchev–Trinajstić information content (AvgIpc) is 3.07. The Morgan fingerprint density at radius 1 is 1.38 bits per heavy atom. The standard InChI is InChI=1S/C17H20BrNO2/c1-11-14-9-13(18)7-8-15(14)21-16(11)17(20)19(2)10-12-5-3-4-6-12/h7-9,12H,3-6,10H2,1-2H3. The van der Waals surface area contributed by atoms with Crippen LogP contribution in [0.15, 0.2) is 27.1 Å². The first-order valence-electron chi connectivity index (χ1n) is 7.50. The van der Waals surface area contributed by atoms with E-state index in [4.69, 9.17) is 4.42 Å². The summed E-state index contributed by atoms with van der Waals surface area (Å²) in [5, 5.41) is 1.00. The van der Waals surface area contributed by atoms with E-state index >= 15 is 0 Å². The molecule has 0 atom stereocenters. The maximum atomic E-state index is 12.6. The Balaban J connectivity index is 1.85. The molecular formula is C17H20BrNO2. The molecule has 2 aromatic rings. The smallest absolute Gasteiger partial charge is 0.289 e. The highest BCUT2D eigenvalue weighted by Crippen LogP contribution is 2.30. The zero-order valence-electron chi connectivity index (χ0n) is 12.5. The number of furan rings is 1. The van der Waals surface area contributed by atoms with Crippen LogP contribution in [0.4, 0.5) is 0 Å². The van der Waals surface area contributed by atoms with Gasteiger partial charge in [0.25, 0.3) is 5.91 Å². The van der Waals surface area contributed by atoms with E-state index in [-0.39, 0.29) is 5.91 Å². The monoisotopic (exact) mass is 349 g/mol. The van der Waals surface area contributed by atoms with Crippen LogP contribution in [-0.2, 0) is 0 Å². The van der Waals surface area contributed by atoms with Crippen molar-refractivity contribution in [1.29, 1.82) is 0 Å². The highest BCUT2D eigenvalue weighted by Gasteiger charge is 2.24. The third kappa shape index (κ3) is 2.86. The van der Waals surface area contributed by atoms with Gasteiger partial charge in [0.2, 0.25) is 0 Å². The summed E-state index contributed by atoms with van der Waals surface area (Å²) >= 11 is 3.46. The van der Waals surface area contributed by atoms with Gasteiger partial charge in [0.1, 0.15) is 5.58 Å². The topological polar surface area (TPSA) is 33.5 Å². The van der Waals surface area contributed by atoms with Crippen LogP contribution >= 0.6 is 15.9 Å². The molecule has 3 rings (SSSR count). The second-order valence-electron chi connectivity index (χ2n) is 6.03. The van der Waals surface area contributed by atoms with Crippen molar-refractivity contribution in [3.63, 3.8) is 0 Å². The van der Waals surface area contributed by atoms with Crippen molar-refractivity contribution in [3.8, 4) is 0 Å². The Labute approximate surface area is 133 Å². The van der Waals surface area contributed by atoms with Gasteiger partial charge in [0, 0.05) is 29.0 Å². The van der Waals surface area contributed by atoms with Gasteiger partial charge in [-0.05, 0) is 43.9 Å². The molecule has 0 spiro atoms. The Bertz CT molecular complexity index is 671. The first-order valence-corrected chi connectivity index (χ1v) is 8.29. The highest BCUT2D eigenvalue weighted by molar-refractivity contribution is 9.10. The van der Waals surface area contributed by atoms with Crippen LogP contribution in [0.5, 0.6) is 0 Å². The number of hydrogen-bond acceptors (Lipinski definition) is 2. The second-order valence-corrected chi connectivity index (χ2v) is 6.95. The van der Waals surface area contributed by atoms with E-state index < -0.39 is 0 Å². The van der Waals surface area contributed by atoms with Crippen LogP contribution in [-0.4, -0.2) is 24.4 Å². The number of carbonyl (C=O) groups excluding carboxylic acids is 1. The first kappa shape index (κ1) is 14.6. The summed E-state index contributed by atoms with van der Waals surface area (Å²) in [6.45, 7) is 2.79. The molecule has 0 saturated heterocycles. The van der Waals surface area contributed by atoms with Crippen molar-refractivity contribution in [3.05, 3.63) is 34.0 Å². The maximum absolute atomic E-state index is 12.6. The lowest BCUT2D eigenvalue weighted by molar-refractivity contribution is 0.0743. The molecular weight excluding hydrogens is 330 g/mol. The molecule has 1 aromatic carbocycles. The molecule has 3 nitrogen and oxygen atoms in total. The predicted molar refractivity (Wildman–Crippen MR) is 87.6 cm³/mol. The lowest BCUT2D eigenvalue weighted by atomic mass is 10.1. The van der Waals surface area contributed by atoms with Crippen LogP contribution in [0.25, 0.3) is 11.0 Å². The van der Waals surface area contributed by atoms with E-state index in [1.54, 1.807) is 0 Å². The van der Waals surface area contributed by atoms with Crippen LogP contribution in [0.3, 0.4) is 0 Å². The summed E-state index contributed by atoms with van der Waals surface area (Å²) in [6, 6.07) is 5.84. The normalized spacial score (nSPS) is 15.8. The van der Waals surface area contributed by atoms with Crippen LogP contribution in [0.1, 0.15) is 41.8 Å². The van der Waals surface area contributed by atoms with Crippen molar-refractivity contribution in [2.45, 2.75) is 32.6 Å². The van der Waals surface area contributed by atoms with Gasteiger partial charge in [-0.1, -0.05) is 28.8 Å². The van der Waals surface area contributed by atoms with E-state index in [1.807, 2.05) is 37.1 Å². The number of aryl methyl sites for hydroxylation is 1. The third-order valence-electron chi connectivity index (χ3n) is 4.45. The lowest BCUT2D eigenvalue weighted by Gasteiger charge is -2.20. The average molecular weight is 350 g/mol. The molecule has 0 aliphatic heterocycles. The molecule has 1 aliphatic carbocycles. The van der Waals surface area contributed by atoms with Crippen LogP contribution < -0.4 is 0 Å². The number of amides is 1. The molecule has 0 bridgehead atoms. The Kier molecular flexibility index (Phi) is 4.07. The van der Waals surface area contributed by atoms with E-state index in [2.05, 4.69) is 15.9 Å². The summed E-state index contributed by atoms with van der Waals surface area (Å²) in [7, 11) is 1.88. The van der Waals surface area contributed by atoms with Crippen LogP contribution in [0.2, 0.25) is 0 Å². The zero-order chi connectivity index (χ0) is 15.0. The molecule has 4 heteroatoms. The predicted octanol–water partition coefficient (Wildman–Crippen LogP) is 4.77. The minimum absolute atomic E-state index is 0.00766. The number of hydrogen-bond donors (Lipinski definition) is 0. The molecule has 1 heterocycles. The summed E-state index contributed by atoms with van der Waals surface area (Å²) in [5.41, 5.74) is 1.70. The van der Waals surface area contributed by atoms with Gasteiger partial charge in [-0.3, -0.25) is 4.79 Å². The maximum Gasteiger partial charge on any atom is 0.289 e. The molecule has 0 radical (unpaired) electrons. The zero-order valence-corrected chi connectivity index (χ0v) is 14.1. The van der Waals surface area contributed by atoms with Crippen LogP contribution in [0, 0.1) is 12.8 Å². The Hall–Kier alpha value is -1.29. The quantitative estimate of drug-likeness (QED) is 0.799. The van der Waals surface area contributed by atoms with Gasteiger partial charge < -0.3 is 9.32 Å². The number of halogens is 1. The number of benzene rings is 1. The van der Waals surface area contributed by atoms with E-state index in [0.29, 0.717) is 11.7 Å². The molecule has 21 heavy (non-hydrogen) atoms. The summed E-state index contributed by atoms with van der Waals surface area (Å²) in [5.74, 6) is 1.12. The molecule has 1 saturated carbocycles. The number of rotatable bonds is 3. The van der Waals surface area contributed by atoms with Gasteiger partial charge in [-0.25, -0.2) is 0 Å².